The highest BCUT2D eigenvalue weighted by atomic mass is 16.1. The molecule has 2 atom stereocenters. The monoisotopic (exact) mass is 247 g/mol. The van der Waals surface area contributed by atoms with Crippen LogP contribution in [-0.2, 0) is 11.8 Å². The Morgan fingerprint density at radius 2 is 2.28 bits per heavy atom. The van der Waals surface area contributed by atoms with Crippen LogP contribution in [0.1, 0.15) is 38.2 Å². The Morgan fingerprint density at radius 3 is 2.94 bits per heavy atom. The van der Waals surface area contributed by atoms with Gasteiger partial charge in [-0.05, 0) is 24.8 Å². The van der Waals surface area contributed by atoms with Gasteiger partial charge in [0.2, 0.25) is 5.91 Å². The summed E-state index contributed by atoms with van der Waals surface area (Å²) in [5.74, 6) is 0.590. The third-order valence-corrected chi connectivity index (χ3v) is 3.59. The molecule has 4 nitrogen and oxygen atoms in total. The van der Waals surface area contributed by atoms with E-state index in [4.69, 9.17) is 0 Å². The van der Waals surface area contributed by atoms with E-state index in [1.54, 1.807) is 23.0 Å². The first-order valence-electron chi connectivity index (χ1n) is 6.62. The molecule has 0 bridgehead atoms. The van der Waals surface area contributed by atoms with Gasteiger partial charge in [-0.15, -0.1) is 0 Å². The van der Waals surface area contributed by atoms with Crippen LogP contribution in [0.2, 0.25) is 0 Å². The highest BCUT2D eigenvalue weighted by Gasteiger charge is 2.21. The van der Waals surface area contributed by atoms with E-state index in [9.17, 15) is 4.79 Å². The van der Waals surface area contributed by atoms with Gasteiger partial charge in [-0.3, -0.25) is 9.48 Å². The minimum absolute atomic E-state index is 0.00222. The number of nitrogens with zero attached hydrogens (tertiary/aromatic N) is 2. The van der Waals surface area contributed by atoms with E-state index in [2.05, 4.69) is 17.3 Å². The highest BCUT2D eigenvalue weighted by Crippen LogP contribution is 2.23. The Labute approximate surface area is 108 Å². The van der Waals surface area contributed by atoms with Crippen LogP contribution >= 0.6 is 0 Å². The van der Waals surface area contributed by atoms with E-state index < -0.39 is 0 Å². The van der Waals surface area contributed by atoms with Crippen molar-refractivity contribution in [1.82, 2.24) is 15.1 Å². The van der Waals surface area contributed by atoms with Gasteiger partial charge in [0.15, 0.2) is 0 Å². The van der Waals surface area contributed by atoms with Gasteiger partial charge in [-0.2, -0.15) is 5.10 Å². The third-order valence-electron chi connectivity index (χ3n) is 3.59. The molecule has 2 rings (SSSR count). The highest BCUT2D eigenvalue weighted by molar-refractivity contribution is 5.91. The molecule has 0 aliphatic heterocycles. The Kier molecular flexibility index (Phi) is 4.18. The van der Waals surface area contributed by atoms with Crippen molar-refractivity contribution in [2.24, 2.45) is 13.0 Å². The lowest BCUT2D eigenvalue weighted by Crippen LogP contribution is -2.40. The molecular formula is C14H21N3O. The van der Waals surface area contributed by atoms with Crippen LogP contribution in [0.5, 0.6) is 0 Å². The standard InChI is InChI=1S/C14H21N3O/c1-11-5-3-4-6-13(11)16-14(18)8-7-12-9-15-17(2)10-12/h7-11,13H,3-6H2,1-2H3,(H,16,18)/b8-7+. The van der Waals surface area contributed by atoms with Crippen molar-refractivity contribution < 1.29 is 4.79 Å². The fraction of sp³-hybridized carbons (Fsp3) is 0.571. The molecule has 1 saturated carbocycles. The minimum Gasteiger partial charge on any atom is -0.350 e. The Hall–Kier alpha value is -1.58. The number of carbonyl (C=O) groups excluding carboxylic acids is 1. The van der Waals surface area contributed by atoms with Crippen molar-refractivity contribution in [3.05, 3.63) is 24.0 Å². The second-order valence-corrected chi connectivity index (χ2v) is 5.16. The molecule has 4 heteroatoms. The lowest BCUT2D eigenvalue weighted by molar-refractivity contribution is -0.117. The smallest absolute Gasteiger partial charge is 0.244 e. The summed E-state index contributed by atoms with van der Waals surface area (Å²) in [5.41, 5.74) is 0.948. The molecule has 98 valence electrons. The molecule has 1 aromatic heterocycles. The van der Waals surface area contributed by atoms with Gasteiger partial charge in [0.25, 0.3) is 0 Å². The number of aryl methyl sites for hydroxylation is 1. The van der Waals surface area contributed by atoms with Gasteiger partial charge in [0.1, 0.15) is 0 Å². The molecule has 0 spiro atoms. The van der Waals surface area contributed by atoms with Crippen LogP contribution in [0.3, 0.4) is 0 Å². The first-order valence-corrected chi connectivity index (χ1v) is 6.62. The summed E-state index contributed by atoms with van der Waals surface area (Å²) in [6.45, 7) is 2.22. The molecule has 2 unspecified atom stereocenters. The summed E-state index contributed by atoms with van der Waals surface area (Å²) in [6, 6.07) is 0.338. The quantitative estimate of drug-likeness (QED) is 0.832. The predicted molar refractivity (Wildman–Crippen MR) is 71.8 cm³/mol. The van der Waals surface area contributed by atoms with Crippen LogP contribution in [0, 0.1) is 5.92 Å². The zero-order valence-electron chi connectivity index (χ0n) is 11.1. The van der Waals surface area contributed by atoms with Gasteiger partial charge in [0, 0.05) is 30.9 Å². The molecule has 1 aliphatic rings. The van der Waals surface area contributed by atoms with Crippen molar-refractivity contribution in [2.45, 2.75) is 38.6 Å². The summed E-state index contributed by atoms with van der Waals surface area (Å²) < 4.78 is 1.72. The molecule has 0 aromatic carbocycles. The van der Waals surface area contributed by atoms with Crippen LogP contribution in [0.4, 0.5) is 0 Å². The fourth-order valence-electron chi connectivity index (χ4n) is 2.46. The van der Waals surface area contributed by atoms with Gasteiger partial charge >= 0.3 is 0 Å². The number of nitrogens with one attached hydrogen (secondary N) is 1. The van der Waals surface area contributed by atoms with Gasteiger partial charge in [-0.25, -0.2) is 0 Å². The number of hydrogen-bond donors (Lipinski definition) is 1. The summed E-state index contributed by atoms with van der Waals surface area (Å²) in [7, 11) is 1.86. The molecule has 1 amide bonds. The molecule has 1 aliphatic carbocycles. The van der Waals surface area contributed by atoms with E-state index in [-0.39, 0.29) is 5.91 Å². The van der Waals surface area contributed by atoms with Crippen LogP contribution in [-0.4, -0.2) is 21.7 Å². The number of aromatic nitrogens is 2. The van der Waals surface area contributed by atoms with Crippen molar-refractivity contribution in [3.63, 3.8) is 0 Å². The summed E-state index contributed by atoms with van der Waals surface area (Å²) in [5, 5.41) is 7.15. The second-order valence-electron chi connectivity index (χ2n) is 5.16. The first-order chi connectivity index (χ1) is 8.65. The average Bonchev–Trinajstić information content (AvgIpc) is 2.76. The summed E-state index contributed by atoms with van der Waals surface area (Å²) >= 11 is 0. The number of amides is 1. The maximum atomic E-state index is 11.8. The van der Waals surface area contributed by atoms with Crippen LogP contribution in [0.25, 0.3) is 6.08 Å². The first kappa shape index (κ1) is 12.9. The van der Waals surface area contributed by atoms with E-state index in [0.29, 0.717) is 12.0 Å². The van der Waals surface area contributed by atoms with Crippen molar-refractivity contribution in [2.75, 3.05) is 0 Å². The molecule has 18 heavy (non-hydrogen) atoms. The maximum Gasteiger partial charge on any atom is 0.244 e. The summed E-state index contributed by atoms with van der Waals surface area (Å²) in [6.07, 6.45) is 11.9. The van der Waals surface area contributed by atoms with Crippen LogP contribution in [0.15, 0.2) is 18.5 Å². The van der Waals surface area contributed by atoms with Gasteiger partial charge < -0.3 is 5.32 Å². The predicted octanol–water partition coefficient (Wildman–Crippen LogP) is 2.13. The van der Waals surface area contributed by atoms with Crippen molar-refractivity contribution in [1.29, 1.82) is 0 Å². The number of hydrogen-bond acceptors (Lipinski definition) is 2. The zero-order valence-corrected chi connectivity index (χ0v) is 11.1. The minimum atomic E-state index is -0.00222. The largest absolute Gasteiger partial charge is 0.350 e. The SMILES string of the molecule is CC1CCCCC1NC(=O)/C=C/c1cnn(C)c1. The normalized spacial score (nSPS) is 24.3. The molecule has 1 fully saturated rings. The van der Waals surface area contributed by atoms with Crippen LogP contribution < -0.4 is 5.32 Å². The zero-order chi connectivity index (χ0) is 13.0. The molecular weight excluding hydrogens is 226 g/mol. The number of carbonyl (C=O) groups is 1. The van der Waals surface area contributed by atoms with E-state index in [1.165, 1.54) is 19.3 Å². The van der Waals surface area contributed by atoms with E-state index >= 15 is 0 Å². The molecule has 1 aromatic rings. The van der Waals surface area contributed by atoms with Gasteiger partial charge in [-0.1, -0.05) is 19.8 Å². The Morgan fingerprint density at radius 1 is 1.50 bits per heavy atom. The van der Waals surface area contributed by atoms with Crippen molar-refractivity contribution >= 4 is 12.0 Å². The topological polar surface area (TPSA) is 46.9 Å². The lowest BCUT2D eigenvalue weighted by atomic mass is 9.86. The molecule has 1 heterocycles. The van der Waals surface area contributed by atoms with E-state index in [0.717, 1.165) is 12.0 Å². The summed E-state index contributed by atoms with van der Waals surface area (Å²) in [4.78, 5) is 11.8. The van der Waals surface area contributed by atoms with Crippen molar-refractivity contribution in [3.8, 4) is 0 Å². The Bertz CT molecular complexity index is 436. The number of rotatable bonds is 3. The lowest BCUT2D eigenvalue weighted by Gasteiger charge is -2.29. The fourth-order valence-corrected chi connectivity index (χ4v) is 2.46. The molecule has 0 radical (unpaired) electrons. The molecule has 1 N–H and O–H groups in total. The third kappa shape index (κ3) is 3.45. The maximum absolute atomic E-state index is 11.8. The van der Waals surface area contributed by atoms with E-state index in [1.807, 2.05) is 13.2 Å². The van der Waals surface area contributed by atoms with Gasteiger partial charge in [0.05, 0.1) is 6.20 Å². The molecule has 0 saturated heterocycles. The Balaban J connectivity index is 1.86. The second kappa shape index (κ2) is 5.85. The average molecular weight is 247 g/mol.